The summed E-state index contributed by atoms with van der Waals surface area (Å²) in [6.07, 6.45) is 3.58. The first-order valence-electron chi connectivity index (χ1n) is 7.46. The minimum absolute atomic E-state index is 0.117. The molecule has 21 heavy (non-hydrogen) atoms. The van der Waals surface area contributed by atoms with Gasteiger partial charge in [-0.3, -0.25) is 4.79 Å². The molecule has 4 nitrogen and oxygen atoms in total. The molecule has 1 aromatic carbocycles. The standard InChI is InChI=1S/C16H23ClN2O2/c1-3-18-14-7-6-12(17)10-13(14)15(20)19(2)11-16(21)8-4-5-9-16/h6-7,10,18,21H,3-5,8-9,11H2,1-2H3. The maximum atomic E-state index is 12.6. The number of benzene rings is 1. The molecule has 0 saturated heterocycles. The van der Waals surface area contributed by atoms with E-state index in [1.54, 1.807) is 24.1 Å². The Balaban J connectivity index is 2.16. The molecular formula is C16H23ClN2O2. The van der Waals surface area contributed by atoms with Crippen LogP contribution in [0.2, 0.25) is 5.02 Å². The van der Waals surface area contributed by atoms with E-state index >= 15 is 0 Å². The van der Waals surface area contributed by atoms with Gasteiger partial charge in [-0.25, -0.2) is 0 Å². The summed E-state index contributed by atoms with van der Waals surface area (Å²) in [6.45, 7) is 3.08. The molecule has 1 saturated carbocycles. The fourth-order valence-electron chi connectivity index (χ4n) is 2.95. The predicted molar refractivity (Wildman–Crippen MR) is 86.0 cm³/mol. The van der Waals surface area contributed by atoms with Gasteiger partial charge in [0.15, 0.2) is 0 Å². The molecule has 1 amide bonds. The fourth-order valence-corrected chi connectivity index (χ4v) is 3.12. The molecule has 1 aliphatic carbocycles. The Labute approximate surface area is 131 Å². The molecule has 1 aliphatic rings. The molecule has 2 rings (SSSR count). The van der Waals surface area contributed by atoms with Crippen LogP contribution in [0.5, 0.6) is 0 Å². The highest BCUT2D eigenvalue weighted by Gasteiger charge is 2.33. The van der Waals surface area contributed by atoms with E-state index in [1.165, 1.54) is 0 Å². The lowest BCUT2D eigenvalue weighted by Gasteiger charge is -2.29. The van der Waals surface area contributed by atoms with Crippen LogP contribution in [0.15, 0.2) is 18.2 Å². The molecule has 0 atom stereocenters. The molecule has 0 radical (unpaired) electrons. The SMILES string of the molecule is CCNc1ccc(Cl)cc1C(=O)N(C)CC1(O)CCCC1. The molecule has 0 unspecified atom stereocenters. The molecule has 0 bridgehead atoms. The Hall–Kier alpha value is -1.26. The first-order valence-corrected chi connectivity index (χ1v) is 7.84. The minimum Gasteiger partial charge on any atom is -0.388 e. The third-order valence-electron chi connectivity index (χ3n) is 3.99. The third-order valence-corrected chi connectivity index (χ3v) is 4.23. The van der Waals surface area contributed by atoms with Gasteiger partial charge in [0.05, 0.1) is 11.2 Å². The van der Waals surface area contributed by atoms with Crippen molar-refractivity contribution in [1.29, 1.82) is 0 Å². The van der Waals surface area contributed by atoms with Gasteiger partial charge in [-0.1, -0.05) is 24.4 Å². The number of nitrogens with one attached hydrogen (secondary N) is 1. The topological polar surface area (TPSA) is 52.6 Å². The van der Waals surface area contributed by atoms with E-state index in [2.05, 4.69) is 5.32 Å². The van der Waals surface area contributed by atoms with Crippen LogP contribution in [0, 0.1) is 0 Å². The normalized spacial score (nSPS) is 16.8. The van der Waals surface area contributed by atoms with Gasteiger partial charge in [0.2, 0.25) is 0 Å². The highest BCUT2D eigenvalue weighted by atomic mass is 35.5. The van der Waals surface area contributed by atoms with Crippen molar-refractivity contribution < 1.29 is 9.90 Å². The number of carbonyl (C=O) groups is 1. The maximum Gasteiger partial charge on any atom is 0.255 e. The van der Waals surface area contributed by atoms with Gasteiger partial charge in [-0.05, 0) is 38.0 Å². The average molecular weight is 311 g/mol. The van der Waals surface area contributed by atoms with Gasteiger partial charge in [0.1, 0.15) is 0 Å². The van der Waals surface area contributed by atoms with E-state index in [9.17, 15) is 9.90 Å². The molecule has 0 aliphatic heterocycles. The molecule has 0 heterocycles. The Morgan fingerprint density at radius 2 is 2.10 bits per heavy atom. The zero-order valence-corrected chi connectivity index (χ0v) is 13.4. The molecular weight excluding hydrogens is 288 g/mol. The number of amides is 1. The molecule has 0 spiro atoms. The number of carbonyl (C=O) groups excluding carboxylic acids is 1. The number of aliphatic hydroxyl groups is 1. The lowest BCUT2D eigenvalue weighted by Crippen LogP contribution is -2.42. The second kappa shape index (κ2) is 6.67. The first kappa shape index (κ1) is 16.1. The molecule has 1 fully saturated rings. The summed E-state index contributed by atoms with van der Waals surface area (Å²) in [4.78, 5) is 14.2. The lowest BCUT2D eigenvalue weighted by molar-refractivity contribution is 0.0157. The number of hydrogen-bond acceptors (Lipinski definition) is 3. The minimum atomic E-state index is -0.735. The second-order valence-electron chi connectivity index (χ2n) is 5.81. The highest BCUT2D eigenvalue weighted by molar-refractivity contribution is 6.31. The summed E-state index contributed by atoms with van der Waals surface area (Å²) in [5, 5.41) is 14.2. The molecule has 0 aromatic heterocycles. The van der Waals surface area contributed by atoms with Gasteiger partial charge in [0.25, 0.3) is 5.91 Å². The largest absolute Gasteiger partial charge is 0.388 e. The number of anilines is 1. The zero-order valence-electron chi connectivity index (χ0n) is 12.7. The Morgan fingerprint density at radius 1 is 1.43 bits per heavy atom. The highest BCUT2D eigenvalue weighted by Crippen LogP contribution is 2.31. The van der Waals surface area contributed by atoms with Crippen LogP contribution in [0.3, 0.4) is 0 Å². The summed E-state index contributed by atoms with van der Waals surface area (Å²) in [6, 6.07) is 5.26. The monoisotopic (exact) mass is 310 g/mol. The van der Waals surface area contributed by atoms with E-state index < -0.39 is 5.60 Å². The van der Waals surface area contributed by atoms with Crippen LogP contribution in [-0.2, 0) is 0 Å². The van der Waals surface area contributed by atoms with Crippen LogP contribution in [-0.4, -0.2) is 41.7 Å². The third kappa shape index (κ3) is 3.89. The molecule has 116 valence electrons. The van der Waals surface area contributed by atoms with Crippen LogP contribution < -0.4 is 5.32 Å². The number of hydrogen-bond donors (Lipinski definition) is 2. The van der Waals surface area contributed by atoms with Crippen molar-refractivity contribution in [3.63, 3.8) is 0 Å². The summed E-state index contributed by atoms with van der Waals surface area (Å²) in [7, 11) is 1.73. The van der Waals surface area contributed by atoms with Crippen molar-refractivity contribution in [2.45, 2.75) is 38.2 Å². The number of likely N-dealkylation sites (N-methyl/N-ethyl adjacent to an activating group) is 1. The fraction of sp³-hybridized carbons (Fsp3) is 0.562. The van der Waals surface area contributed by atoms with Crippen molar-refractivity contribution >= 4 is 23.2 Å². The Morgan fingerprint density at radius 3 is 2.71 bits per heavy atom. The van der Waals surface area contributed by atoms with Gasteiger partial charge in [0, 0.05) is 30.8 Å². The molecule has 2 N–H and O–H groups in total. The lowest BCUT2D eigenvalue weighted by atomic mass is 10.0. The Bertz CT molecular complexity index is 513. The second-order valence-corrected chi connectivity index (χ2v) is 6.25. The summed E-state index contributed by atoms with van der Waals surface area (Å²) in [5.74, 6) is -0.117. The van der Waals surface area contributed by atoms with Crippen molar-refractivity contribution in [1.82, 2.24) is 4.90 Å². The summed E-state index contributed by atoms with van der Waals surface area (Å²) >= 11 is 6.02. The average Bonchev–Trinajstić information content (AvgIpc) is 2.86. The number of halogens is 1. The van der Waals surface area contributed by atoms with Crippen molar-refractivity contribution in [2.24, 2.45) is 0 Å². The van der Waals surface area contributed by atoms with Crippen molar-refractivity contribution in [3.8, 4) is 0 Å². The van der Waals surface area contributed by atoms with Crippen LogP contribution in [0.4, 0.5) is 5.69 Å². The summed E-state index contributed by atoms with van der Waals surface area (Å²) in [5.41, 5.74) is 0.590. The van der Waals surface area contributed by atoms with Crippen LogP contribution in [0.1, 0.15) is 43.0 Å². The quantitative estimate of drug-likeness (QED) is 0.878. The van der Waals surface area contributed by atoms with Gasteiger partial charge in [-0.2, -0.15) is 0 Å². The zero-order chi connectivity index (χ0) is 15.5. The predicted octanol–water partition coefficient (Wildman–Crippen LogP) is 3.15. The van der Waals surface area contributed by atoms with Crippen molar-refractivity contribution in [2.75, 3.05) is 25.5 Å². The van der Waals surface area contributed by atoms with E-state index in [4.69, 9.17) is 11.6 Å². The van der Waals surface area contributed by atoms with Gasteiger partial charge < -0.3 is 15.3 Å². The van der Waals surface area contributed by atoms with Crippen LogP contribution >= 0.6 is 11.6 Å². The van der Waals surface area contributed by atoms with Gasteiger partial charge in [-0.15, -0.1) is 0 Å². The number of nitrogens with zero attached hydrogens (tertiary/aromatic N) is 1. The number of rotatable bonds is 5. The first-order chi connectivity index (χ1) is 9.95. The Kier molecular flexibility index (Phi) is 5.12. The van der Waals surface area contributed by atoms with E-state index in [0.29, 0.717) is 17.1 Å². The summed E-state index contributed by atoms with van der Waals surface area (Å²) < 4.78 is 0. The molecule has 5 heteroatoms. The van der Waals surface area contributed by atoms with E-state index in [-0.39, 0.29) is 5.91 Å². The van der Waals surface area contributed by atoms with E-state index in [1.807, 2.05) is 13.0 Å². The smallest absolute Gasteiger partial charge is 0.255 e. The van der Waals surface area contributed by atoms with Crippen LogP contribution in [0.25, 0.3) is 0 Å². The van der Waals surface area contributed by atoms with Gasteiger partial charge >= 0.3 is 0 Å². The maximum absolute atomic E-state index is 12.6. The molecule has 1 aromatic rings. The van der Waals surface area contributed by atoms with Crippen molar-refractivity contribution in [3.05, 3.63) is 28.8 Å². The van der Waals surface area contributed by atoms with E-state index in [0.717, 1.165) is 37.9 Å².